The predicted octanol–water partition coefficient (Wildman–Crippen LogP) is 2.64. The van der Waals surface area contributed by atoms with E-state index < -0.39 is 30.2 Å². The highest BCUT2D eigenvalue weighted by Crippen LogP contribution is 2.28. The van der Waals surface area contributed by atoms with Crippen LogP contribution in [0, 0.1) is 6.92 Å². The molecule has 10 nitrogen and oxygen atoms in total. The van der Waals surface area contributed by atoms with Crippen molar-refractivity contribution in [3.05, 3.63) is 46.8 Å². The number of aromatic amines is 1. The molecule has 30 heavy (non-hydrogen) atoms. The van der Waals surface area contributed by atoms with Gasteiger partial charge in [0.1, 0.15) is 11.3 Å². The highest BCUT2D eigenvalue weighted by molar-refractivity contribution is 6.11. The average molecular weight is 413 g/mol. The minimum Gasteiger partial charge on any atom is -0.462 e. The monoisotopic (exact) mass is 413 g/mol. The van der Waals surface area contributed by atoms with E-state index in [0.717, 1.165) is 0 Å². The topological polar surface area (TPSA) is 141 Å². The number of hydrogen-bond acceptors (Lipinski definition) is 8. The summed E-state index contributed by atoms with van der Waals surface area (Å²) in [6, 6.07) is 6.96. The highest BCUT2D eigenvalue weighted by Gasteiger charge is 2.29. The summed E-state index contributed by atoms with van der Waals surface area (Å²) in [5, 5.41) is 9.49. The number of rotatable bonds is 7. The molecule has 0 spiro atoms. The van der Waals surface area contributed by atoms with E-state index in [1.807, 2.05) is 0 Å². The number of ketones is 1. The van der Waals surface area contributed by atoms with E-state index >= 15 is 0 Å². The van der Waals surface area contributed by atoms with Gasteiger partial charge in [0.05, 0.1) is 17.7 Å². The number of amides is 1. The van der Waals surface area contributed by atoms with Gasteiger partial charge in [-0.05, 0) is 26.8 Å². The molecule has 2 aromatic heterocycles. The second-order valence-electron chi connectivity index (χ2n) is 6.26. The molecular formula is C20H19N3O7. The number of esters is 2. The Balaban J connectivity index is 1.73. The van der Waals surface area contributed by atoms with Crippen molar-refractivity contribution in [1.29, 1.82) is 0 Å². The van der Waals surface area contributed by atoms with Crippen LogP contribution in [0.2, 0.25) is 0 Å². The number of nitrogens with zero attached hydrogens (tertiary/aromatic N) is 1. The highest BCUT2D eigenvalue weighted by atomic mass is 16.5. The van der Waals surface area contributed by atoms with E-state index in [2.05, 4.69) is 15.5 Å². The summed E-state index contributed by atoms with van der Waals surface area (Å²) in [5.41, 5.74) is 0.526. The first kappa shape index (κ1) is 20.8. The van der Waals surface area contributed by atoms with Crippen LogP contribution in [-0.2, 0) is 14.3 Å². The molecule has 0 atom stereocenters. The number of carbonyl (C=O) groups is 4. The van der Waals surface area contributed by atoms with E-state index in [1.165, 1.54) is 13.8 Å². The number of ether oxygens (including phenoxy) is 2. The first-order valence-electron chi connectivity index (χ1n) is 9.05. The molecule has 0 unspecified atom stereocenters. The molecule has 1 aromatic carbocycles. The van der Waals surface area contributed by atoms with Gasteiger partial charge < -0.3 is 13.9 Å². The molecule has 0 aliphatic heterocycles. The number of hydrogen-bond donors (Lipinski definition) is 2. The molecule has 3 aromatic rings. The van der Waals surface area contributed by atoms with E-state index in [1.54, 1.807) is 31.2 Å². The second-order valence-corrected chi connectivity index (χ2v) is 6.26. The minimum absolute atomic E-state index is 0.0173. The summed E-state index contributed by atoms with van der Waals surface area (Å²) in [6.07, 6.45) is 0. The Morgan fingerprint density at radius 2 is 1.83 bits per heavy atom. The zero-order valence-electron chi connectivity index (χ0n) is 16.5. The van der Waals surface area contributed by atoms with Gasteiger partial charge in [0.15, 0.2) is 18.1 Å². The number of nitrogens with one attached hydrogen (secondary N) is 2. The molecule has 0 saturated carbocycles. The molecule has 0 saturated heterocycles. The van der Waals surface area contributed by atoms with Crippen molar-refractivity contribution in [1.82, 2.24) is 10.2 Å². The van der Waals surface area contributed by atoms with E-state index in [0.29, 0.717) is 10.9 Å². The van der Waals surface area contributed by atoms with Crippen molar-refractivity contribution in [3.63, 3.8) is 0 Å². The molecule has 2 N–H and O–H groups in total. The van der Waals surface area contributed by atoms with E-state index in [4.69, 9.17) is 13.9 Å². The number of fused-ring (bicyclic) bond motifs is 1. The third kappa shape index (κ3) is 4.07. The number of H-pyrrole nitrogens is 1. The van der Waals surface area contributed by atoms with Gasteiger partial charge in [-0.25, -0.2) is 9.59 Å². The van der Waals surface area contributed by atoms with Crippen LogP contribution >= 0.6 is 0 Å². The second kappa shape index (κ2) is 8.60. The van der Waals surface area contributed by atoms with Crippen molar-refractivity contribution >= 4 is 40.4 Å². The van der Waals surface area contributed by atoms with Crippen LogP contribution in [0.4, 0.5) is 5.88 Å². The molecular weight excluding hydrogens is 394 g/mol. The standard InChI is InChI=1S/C20H19N3O7/c1-4-28-19(26)16-15(10(2)24)11(3)30-18(16)21-14(25)9-29-20(27)17-12-7-5-6-8-13(12)22-23-17/h5-8H,4,9H2,1-3H3,(H,21,25)(H,22,23). The van der Waals surface area contributed by atoms with E-state index in [-0.39, 0.29) is 35.1 Å². The smallest absolute Gasteiger partial charge is 0.359 e. The van der Waals surface area contributed by atoms with Crippen LogP contribution in [0.15, 0.2) is 28.7 Å². The van der Waals surface area contributed by atoms with Crippen molar-refractivity contribution in [2.75, 3.05) is 18.5 Å². The number of furan rings is 1. The fraction of sp³-hybridized carbons (Fsp3) is 0.250. The summed E-state index contributed by atoms with van der Waals surface area (Å²) in [7, 11) is 0. The number of anilines is 1. The lowest BCUT2D eigenvalue weighted by Crippen LogP contribution is -2.22. The maximum Gasteiger partial charge on any atom is 0.359 e. The van der Waals surface area contributed by atoms with Crippen LogP contribution in [0.25, 0.3) is 10.9 Å². The molecule has 0 aliphatic carbocycles. The van der Waals surface area contributed by atoms with Crippen LogP contribution in [0.5, 0.6) is 0 Å². The Hall–Kier alpha value is -3.95. The van der Waals surface area contributed by atoms with Gasteiger partial charge in [0.2, 0.25) is 5.88 Å². The van der Waals surface area contributed by atoms with E-state index in [9.17, 15) is 19.2 Å². The molecule has 1 amide bonds. The molecule has 0 bridgehead atoms. The summed E-state index contributed by atoms with van der Waals surface area (Å²) in [5.74, 6) is -2.89. The van der Waals surface area contributed by atoms with Crippen LogP contribution in [0.1, 0.15) is 50.8 Å². The maximum absolute atomic E-state index is 12.3. The molecule has 3 rings (SSSR count). The molecule has 0 fully saturated rings. The summed E-state index contributed by atoms with van der Waals surface area (Å²) in [4.78, 5) is 48.7. The molecule has 2 heterocycles. The van der Waals surface area contributed by atoms with Gasteiger partial charge in [0.25, 0.3) is 5.91 Å². The number of aromatic nitrogens is 2. The molecule has 0 radical (unpaired) electrons. The first-order valence-corrected chi connectivity index (χ1v) is 9.05. The summed E-state index contributed by atoms with van der Waals surface area (Å²) >= 11 is 0. The maximum atomic E-state index is 12.3. The summed E-state index contributed by atoms with van der Waals surface area (Å²) < 4.78 is 15.3. The van der Waals surface area contributed by atoms with Crippen molar-refractivity contribution < 1.29 is 33.1 Å². The number of benzene rings is 1. The van der Waals surface area contributed by atoms with Crippen molar-refractivity contribution in [3.8, 4) is 0 Å². The zero-order chi connectivity index (χ0) is 21.8. The molecule has 10 heteroatoms. The number of Topliss-reactive ketones (excluding diaryl/α,β-unsaturated/α-hetero) is 1. The average Bonchev–Trinajstić information content (AvgIpc) is 3.27. The van der Waals surface area contributed by atoms with Crippen LogP contribution < -0.4 is 5.32 Å². The Labute approximate surface area is 170 Å². The van der Waals surface area contributed by atoms with Gasteiger partial charge >= 0.3 is 11.9 Å². The van der Waals surface area contributed by atoms with Gasteiger partial charge in [0, 0.05) is 5.39 Å². The number of carbonyl (C=O) groups excluding carboxylic acids is 4. The third-order valence-corrected chi connectivity index (χ3v) is 4.17. The normalized spacial score (nSPS) is 10.6. The fourth-order valence-electron chi connectivity index (χ4n) is 2.94. The lowest BCUT2D eigenvalue weighted by Gasteiger charge is -2.06. The van der Waals surface area contributed by atoms with Crippen molar-refractivity contribution in [2.24, 2.45) is 0 Å². The van der Waals surface area contributed by atoms with Crippen LogP contribution in [-0.4, -0.2) is 47.0 Å². The Bertz CT molecular complexity index is 1140. The van der Waals surface area contributed by atoms with Gasteiger partial charge in [-0.3, -0.25) is 20.0 Å². The van der Waals surface area contributed by atoms with Gasteiger partial charge in [-0.15, -0.1) is 0 Å². The molecule has 156 valence electrons. The SMILES string of the molecule is CCOC(=O)c1c(NC(=O)COC(=O)c2n[nH]c3ccccc23)oc(C)c1C(C)=O. The minimum atomic E-state index is -0.810. The zero-order valence-corrected chi connectivity index (χ0v) is 16.5. The number of aryl methyl sites for hydroxylation is 1. The molecule has 0 aliphatic rings. The van der Waals surface area contributed by atoms with Crippen LogP contribution in [0.3, 0.4) is 0 Å². The summed E-state index contributed by atoms with van der Waals surface area (Å²) in [6.45, 7) is 3.77. The lowest BCUT2D eigenvalue weighted by molar-refractivity contribution is -0.119. The Morgan fingerprint density at radius 3 is 2.53 bits per heavy atom. The third-order valence-electron chi connectivity index (χ3n) is 4.17. The van der Waals surface area contributed by atoms with Crippen molar-refractivity contribution in [2.45, 2.75) is 20.8 Å². The van der Waals surface area contributed by atoms with Gasteiger partial charge in [-0.2, -0.15) is 5.10 Å². The predicted molar refractivity (Wildman–Crippen MR) is 104 cm³/mol. The fourth-order valence-corrected chi connectivity index (χ4v) is 2.94. The quantitative estimate of drug-likeness (QED) is 0.445. The number of para-hydroxylation sites is 1. The van der Waals surface area contributed by atoms with Gasteiger partial charge in [-0.1, -0.05) is 18.2 Å². The Morgan fingerprint density at radius 1 is 1.10 bits per heavy atom. The first-order chi connectivity index (χ1) is 14.3. The lowest BCUT2D eigenvalue weighted by atomic mass is 10.1. The Kier molecular flexibility index (Phi) is 5.95. The largest absolute Gasteiger partial charge is 0.462 e.